The Morgan fingerprint density at radius 1 is 1.23 bits per heavy atom. The molecule has 0 saturated carbocycles. The molecule has 0 spiro atoms. The number of carbonyl (C=O) groups is 3. The molecule has 0 aliphatic carbocycles. The van der Waals surface area contributed by atoms with Gasteiger partial charge in [-0.05, 0) is 39.3 Å². The van der Waals surface area contributed by atoms with Gasteiger partial charge in [-0.15, -0.1) is 0 Å². The number of hydrogen-bond acceptors (Lipinski definition) is 4. The lowest BCUT2D eigenvalue weighted by Gasteiger charge is -2.31. The summed E-state index contributed by atoms with van der Waals surface area (Å²) in [5, 5.41) is 2.54. The number of benzene rings is 1. The predicted molar refractivity (Wildman–Crippen MR) is 81.3 cm³/mol. The number of nitrogens with one attached hydrogen (secondary N) is 1. The van der Waals surface area contributed by atoms with Crippen molar-refractivity contribution in [2.45, 2.75) is 45.3 Å². The molecule has 118 valence electrons. The average Bonchev–Trinajstić information content (AvgIpc) is 2.41. The number of hydrogen-bond donors (Lipinski definition) is 1. The van der Waals surface area contributed by atoms with E-state index in [0.29, 0.717) is 5.69 Å². The number of carbonyl (C=O) groups excluding carboxylic acids is 3. The number of ether oxygens (including phenoxy) is 1. The van der Waals surface area contributed by atoms with Crippen molar-refractivity contribution in [3.8, 4) is 0 Å². The zero-order valence-corrected chi connectivity index (χ0v) is 13.0. The highest BCUT2D eigenvalue weighted by atomic mass is 16.6. The van der Waals surface area contributed by atoms with Crippen LogP contribution >= 0.6 is 0 Å². The van der Waals surface area contributed by atoms with E-state index in [-0.39, 0.29) is 18.7 Å². The van der Waals surface area contributed by atoms with Crippen LogP contribution in [0.15, 0.2) is 30.3 Å². The van der Waals surface area contributed by atoms with E-state index in [9.17, 15) is 14.4 Å². The predicted octanol–water partition coefficient (Wildman–Crippen LogP) is 2.23. The maximum atomic E-state index is 12.5. The van der Waals surface area contributed by atoms with Gasteiger partial charge in [0.1, 0.15) is 11.6 Å². The number of alkyl carbamates (subject to hydrolysis) is 1. The van der Waals surface area contributed by atoms with Crippen molar-refractivity contribution in [2.75, 3.05) is 4.90 Å². The van der Waals surface area contributed by atoms with Gasteiger partial charge in [-0.2, -0.15) is 0 Å². The van der Waals surface area contributed by atoms with Gasteiger partial charge in [0.25, 0.3) is 5.91 Å². The third kappa shape index (κ3) is 3.84. The molecule has 1 heterocycles. The van der Waals surface area contributed by atoms with Crippen LogP contribution in [0.1, 0.15) is 33.6 Å². The van der Waals surface area contributed by atoms with Gasteiger partial charge in [0, 0.05) is 6.42 Å². The van der Waals surface area contributed by atoms with Crippen LogP contribution in [0.5, 0.6) is 0 Å². The highest BCUT2D eigenvalue weighted by Crippen LogP contribution is 2.22. The van der Waals surface area contributed by atoms with E-state index in [0.717, 1.165) is 4.90 Å². The number of imide groups is 1. The van der Waals surface area contributed by atoms with E-state index < -0.39 is 23.6 Å². The molecule has 0 unspecified atom stereocenters. The van der Waals surface area contributed by atoms with Crippen molar-refractivity contribution in [1.29, 1.82) is 0 Å². The second-order valence-electron chi connectivity index (χ2n) is 6.14. The maximum absolute atomic E-state index is 12.5. The molecule has 1 aromatic rings. The van der Waals surface area contributed by atoms with Crippen LogP contribution in [-0.2, 0) is 14.3 Å². The smallest absolute Gasteiger partial charge is 0.408 e. The van der Waals surface area contributed by atoms with Crippen molar-refractivity contribution in [2.24, 2.45) is 0 Å². The van der Waals surface area contributed by atoms with Gasteiger partial charge >= 0.3 is 6.09 Å². The highest BCUT2D eigenvalue weighted by Gasteiger charge is 2.36. The lowest BCUT2D eigenvalue weighted by atomic mass is 10.0. The fourth-order valence-corrected chi connectivity index (χ4v) is 2.21. The number of rotatable bonds is 2. The largest absolute Gasteiger partial charge is 0.444 e. The van der Waals surface area contributed by atoms with Crippen molar-refractivity contribution >= 4 is 23.6 Å². The topological polar surface area (TPSA) is 75.7 Å². The highest BCUT2D eigenvalue weighted by molar-refractivity contribution is 6.18. The van der Waals surface area contributed by atoms with Gasteiger partial charge in [0.05, 0.1) is 5.69 Å². The molecule has 1 atom stereocenters. The summed E-state index contributed by atoms with van der Waals surface area (Å²) in [4.78, 5) is 37.4. The van der Waals surface area contributed by atoms with Gasteiger partial charge in [-0.25, -0.2) is 9.69 Å². The van der Waals surface area contributed by atoms with Crippen molar-refractivity contribution in [3.63, 3.8) is 0 Å². The summed E-state index contributed by atoms with van der Waals surface area (Å²) in [5.74, 6) is -0.702. The van der Waals surface area contributed by atoms with E-state index >= 15 is 0 Å². The first-order valence-corrected chi connectivity index (χ1v) is 7.19. The quantitative estimate of drug-likeness (QED) is 0.850. The summed E-state index contributed by atoms with van der Waals surface area (Å²) in [6.45, 7) is 5.24. The Morgan fingerprint density at radius 2 is 1.86 bits per heavy atom. The van der Waals surface area contributed by atoms with Gasteiger partial charge in [0.2, 0.25) is 5.91 Å². The molecule has 1 aliphatic rings. The maximum Gasteiger partial charge on any atom is 0.408 e. The van der Waals surface area contributed by atoms with Crippen LogP contribution in [0.2, 0.25) is 0 Å². The van der Waals surface area contributed by atoms with Gasteiger partial charge in [-0.1, -0.05) is 18.2 Å². The van der Waals surface area contributed by atoms with Crippen LogP contribution in [0.3, 0.4) is 0 Å². The Kier molecular flexibility index (Phi) is 4.49. The van der Waals surface area contributed by atoms with E-state index in [4.69, 9.17) is 4.74 Å². The zero-order chi connectivity index (χ0) is 16.3. The fourth-order valence-electron chi connectivity index (χ4n) is 2.21. The molecule has 3 amide bonds. The fraction of sp³-hybridized carbons (Fsp3) is 0.438. The number of amides is 3. The Balaban J connectivity index is 2.10. The third-order valence-electron chi connectivity index (χ3n) is 3.12. The standard InChI is InChI=1S/C16H20N2O4/c1-16(2,3)22-15(21)17-12-9-10-13(19)18(14(12)20)11-7-5-4-6-8-11/h4-8,12H,9-10H2,1-3H3,(H,17,21)/t12-/m0/s1. The zero-order valence-electron chi connectivity index (χ0n) is 13.0. The minimum absolute atomic E-state index is 0.196. The minimum Gasteiger partial charge on any atom is -0.444 e. The van der Waals surface area contributed by atoms with Crippen LogP contribution in [0.4, 0.5) is 10.5 Å². The molecule has 6 nitrogen and oxygen atoms in total. The van der Waals surface area contributed by atoms with Crippen LogP contribution in [0.25, 0.3) is 0 Å². The molecule has 1 aliphatic heterocycles. The Morgan fingerprint density at radius 3 is 2.45 bits per heavy atom. The minimum atomic E-state index is -0.757. The summed E-state index contributed by atoms with van der Waals surface area (Å²) < 4.78 is 5.15. The Bertz CT molecular complexity index is 578. The summed E-state index contributed by atoms with van der Waals surface area (Å²) in [5.41, 5.74) is -0.135. The van der Waals surface area contributed by atoms with Crippen molar-refractivity contribution in [3.05, 3.63) is 30.3 Å². The molecule has 1 N–H and O–H groups in total. The third-order valence-corrected chi connectivity index (χ3v) is 3.12. The second kappa shape index (κ2) is 6.17. The van der Waals surface area contributed by atoms with Crippen molar-refractivity contribution < 1.29 is 19.1 Å². The molecular weight excluding hydrogens is 284 g/mol. The lowest BCUT2D eigenvalue weighted by molar-refractivity contribution is -0.130. The molecule has 6 heteroatoms. The molecule has 0 bridgehead atoms. The first-order chi connectivity index (χ1) is 10.3. The number of para-hydroxylation sites is 1. The van der Waals surface area contributed by atoms with Crippen LogP contribution in [0, 0.1) is 0 Å². The average molecular weight is 304 g/mol. The van der Waals surface area contributed by atoms with Gasteiger partial charge in [0.15, 0.2) is 0 Å². The normalized spacial score (nSPS) is 19.0. The first kappa shape index (κ1) is 16.0. The molecule has 1 saturated heterocycles. The van der Waals surface area contributed by atoms with E-state index in [1.54, 1.807) is 51.1 Å². The van der Waals surface area contributed by atoms with E-state index in [1.165, 1.54) is 0 Å². The number of piperidine rings is 1. The van der Waals surface area contributed by atoms with Gasteiger partial charge < -0.3 is 10.1 Å². The molecule has 0 aromatic heterocycles. The summed E-state index contributed by atoms with van der Waals surface area (Å²) in [6, 6.07) is 7.92. The van der Waals surface area contributed by atoms with Crippen molar-refractivity contribution in [1.82, 2.24) is 5.32 Å². The SMILES string of the molecule is CC(C)(C)OC(=O)N[C@H]1CCC(=O)N(c2ccccc2)C1=O. The molecular formula is C16H20N2O4. The molecule has 0 radical (unpaired) electrons. The van der Waals surface area contributed by atoms with Crippen LogP contribution in [-0.4, -0.2) is 29.6 Å². The molecule has 22 heavy (non-hydrogen) atoms. The first-order valence-electron chi connectivity index (χ1n) is 7.19. The molecule has 2 rings (SSSR count). The lowest BCUT2D eigenvalue weighted by Crippen LogP contribution is -2.55. The number of anilines is 1. The Labute approximate surface area is 129 Å². The summed E-state index contributed by atoms with van der Waals surface area (Å²) >= 11 is 0. The second-order valence-corrected chi connectivity index (χ2v) is 6.14. The van der Waals surface area contributed by atoms with Gasteiger partial charge in [-0.3, -0.25) is 9.59 Å². The molecule has 1 fully saturated rings. The van der Waals surface area contributed by atoms with E-state index in [2.05, 4.69) is 5.32 Å². The molecule has 1 aromatic carbocycles. The monoisotopic (exact) mass is 304 g/mol. The van der Waals surface area contributed by atoms with E-state index in [1.807, 2.05) is 0 Å². The summed E-state index contributed by atoms with van der Waals surface area (Å²) in [7, 11) is 0. The number of nitrogens with zero attached hydrogens (tertiary/aromatic N) is 1. The Hall–Kier alpha value is -2.37. The summed E-state index contributed by atoms with van der Waals surface area (Å²) in [6.07, 6.45) is -0.186. The van der Waals surface area contributed by atoms with Crippen LogP contribution < -0.4 is 10.2 Å².